The Morgan fingerprint density at radius 1 is 1.38 bits per heavy atom. The first kappa shape index (κ1) is 17.9. The number of aliphatic hydroxyl groups is 1. The van der Waals surface area contributed by atoms with Crippen LogP contribution in [0.15, 0.2) is 0 Å². The van der Waals surface area contributed by atoms with Crippen LogP contribution in [-0.4, -0.2) is 33.3 Å². The third kappa shape index (κ3) is 5.26. The van der Waals surface area contributed by atoms with Gasteiger partial charge in [-0.05, 0) is 30.6 Å². The summed E-state index contributed by atoms with van der Waals surface area (Å²) in [6.07, 6.45) is 4.98. The highest BCUT2D eigenvalue weighted by atomic mass is 16.6. The van der Waals surface area contributed by atoms with Crippen molar-refractivity contribution in [3.05, 3.63) is 10.1 Å². The van der Waals surface area contributed by atoms with E-state index >= 15 is 0 Å². The molecule has 0 saturated heterocycles. The van der Waals surface area contributed by atoms with Crippen molar-refractivity contribution >= 4 is 5.97 Å². The molecule has 21 heavy (non-hydrogen) atoms. The zero-order valence-electron chi connectivity index (χ0n) is 12.9. The smallest absolute Gasteiger partial charge is 0.339 e. The SMILES string of the molecule is CCCCCC(C)C1CC(C[C@H]([C@@H](O)C(=O)O)[N+](=O)[O-])C1. The van der Waals surface area contributed by atoms with Crippen molar-refractivity contribution in [2.24, 2.45) is 17.8 Å². The Balaban J connectivity index is 2.35. The zero-order chi connectivity index (χ0) is 16.0. The van der Waals surface area contributed by atoms with Gasteiger partial charge in [-0.3, -0.25) is 10.1 Å². The summed E-state index contributed by atoms with van der Waals surface area (Å²) >= 11 is 0. The van der Waals surface area contributed by atoms with Gasteiger partial charge >= 0.3 is 5.97 Å². The molecule has 1 rings (SSSR count). The van der Waals surface area contributed by atoms with Crippen molar-refractivity contribution in [3.63, 3.8) is 0 Å². The third-order valence-corrected chi connectivity index (χ3v) is 4.80. The fourth-order valence-electron chi connectivity index (χ4n) is 3.23. The maximum absolute atomic E-state index is 10.9. The number of hydrogen-bond donors (Lipinski definition) is 2. The summed E-state index contributed by atoms with van der Waals surface area (Å²) in [6, 6.07) is -1.39. The Bertz CT molecular complexity index is 354. The van der Waals surface area contributed by atoms with Crippen molar-refractivity contribution in [2.75, 3.05) is 0 Å². The van der Waals surface area contributed by atoms with Gasteiger partial charge < -0.3 is 10.2 Å². The summed E-state index contributed by atoms with van der Waals surface area (Å²) in [6.45, 7) is 4.41. The molecule has 1 fully saturated rings. The predicted octanol–water partition coefficient (Wildman–Crippen LogP) is 2.71. The lowest BCUT2D eigenvalue weighted by Crippen LogP contribution is -2.43. The van der Waals surface area contributed by atoms with Crippen LogP contribution in [0.3, 0.4) is 0 Å². The van der Waals surface area contributed by atoms with Crippen LogP contribution in [0.2, 0.25) is 0 Å². The highest BCUT2D eigenvalue weighted by molar-refractivity contribution is 5.72. The van der Waals surface area contributed by atoms with E-state index < -0.39 is 23.0 Å². The van der Waals surface area contributed by atoms with Crippen LogP contribution in [0.1, 0.15) is 58.8 Å². The molecule has 6 heteroatoms. The summed E-state index contributed by atoms with van der Waals surface area (Å²) in [7, 11) is 0. The van der Waals surface area contributed by atoms with Gasteiger partial charge in [0, 0.05) is 11.3 Å². The molecule has 1 aliphatic rings. The van der Waals surface area contributed by atoms with Gasteiger partial charge in [0.1, 0.15) is 0 Å². The van der Waals surface area contributed by atoms with E-state index in [1.807, 2.05) is 0 Å². The van der Waals surface area contributed by atoms with Gasteiger partial charge in [-0.2, -0.15) is 0 Å². The van der Waals surface area contributed by atoms with Crippen LogP contribution in [-0.2, 0) is 4.79 Å². The fraction of sp³-hybridized carbons (Fsp3) is 0.933. The van der Waals surface area contributed by atoms with E-state index in [-0.39, 0.29) is 12.3 Å². The lowest BCUT2D eigenvalue weighted by Gasteiger charge is -2.40. The minimum absolute atomic E-state index is 0.165. The maximum atomic E-state index is 10.9. The number of unbranched alkanes of at least 4 members (excludes halogenated alkanes) is 2. The van der Waals surface area contributed by atoms with Gasteiger partial charge in [-0.15, -0.1) is 0 Å². The summed E-state index contributed by atoms with van der Waals surface area (Å²) in [5.74, 6) is -0.110. The minimum Gasteiger partial charge on any atom is -0.479 e. The number of carbonyl (C=O) groups is 1. The van der Waals surface area contributed by atoms with Crippen molar-refractivity contribution < 1.29 is 19.9 Å². The van der Waals surface area contributed by atoms with Crippen LogP contribution in [0.5, 0.6) is 0 Å². The Kier molecular flexibility index (Phi) is 7.08. The molecule has 0 aromatic rings. The molecule has 0 spiro atoms. The van der Waals surface area contributed by atoms with Gasteiger partial charge in [0.15, 0.2) is 0 Å². The molecule has 0 amide bonds. The first-order valence-corrected chi connectivity index (χ1v) is 7.91. The average molecular weight is 301 g/mol. The largest absolute Gasteiger partial charge is 0.479 e. The highest BCUT2D eigenvalue weighted by Crippen LogP contribution is 2.43. The molecule has 6 nitrogen and oxygen atoms in total. The van der Waals surface area contributed by atoms with Crippen molar-refractivity contribution in [3.8, 4) is 0 Å². The molecule has 3 atom stereocenters. The molecular formula is C15H27NO5. The number of nitro groups is 1. The van der Waals surface area contributed by atoms with E-state index in [1.165, 1.54) is 25.7 Å². The average Bonchev–Trinajstić information content (AvgIpc) is 2.36. The van der Waals surface area contributed by atoms with Crippen LogP contribution in [0, 0.1) is 27.9 Å². The van der Waals surface area contributed by atoms with Crippen LogP contribution < -0.4 is 0 Å². The molecule has 1 saturated carbocycles. The Morgan fingerprint density at radius 2 is 2.00 bits per heavy atom. The summed E-state index contributed by atoms with van der Waals surface area (Å²) in [5.41, 5.74) is 0. The van der Waals surface area contributed by atoms with Crippen molar-refractivity contribution in [2.45, 2.75) is 70.9 Å². The fourth-order valence-corrected chi connectivity index (χ4v) is 3.23. The number of rotatable bonds is 10. The molecule has 2 N–H and O–H groups in total. The van der Waals surface area contributed by atoms with Gasteiger partial charge in [0.05, 0.1) is 0 Å². The number of carboxylic acids is 1. The van der Waals surface area contributed by atoms with Gasteiger partial charge in [-0.25, -0.2) is 4.79 Å². The summed E-state index contributed by atoms with van der Waals surface area (Å²) in [5, 5.41) is 29.0. The molecule has 0 bridgehead atoms. The normalized spacial score (nSPS) is 25.7. The molecule has 0 heterocycles. The van der Waals surface area contributed by atoms with Gasteiger partial charge in [-0.1, -0.05) is 39.5 Å². The standard InChI is InChI=1S/C15H27NO5/c1-3-4-5-6-10(2)12-7-11(8-12)9-13(16(20)21)14(17)15(18)19/h10-14,17H,3-9H2,1-2H3,(H,18,19)/t10?,11?,12?,13-,14-/m1/s1. The second kappa shape index (κ2) is 8.32. The molecule has 0 aliphatic heterocycles. The zero-order valence-corrected chi connectivity index (χ0v) is 12.9. The first-order valence-electron chi connectivity index (χ1n) is 7.91. The van der Waals surface area contributed by atoms with Crippen LogP contribution in [0.4, 0.5) is 0 Å². The number of carboxylic acid groups (broad SMARTS) is 1. The maximum Gasteiger partial charge on any atom is 0.339 e. The highest BCUT2D eigenvalue weighted by Gasteiger charge is 2.42. The Labute approximate surface area is 125 Å². The van der Waals surface area contributed by atoms with Crippen LogP contribution in [0.25, 0.3) is 0 Å². The quantitative estimate of drug-likeness (QED) is 0.367. The Hall–Kier alpha value is -1.17. The van der Waals surface area contributed by atoms with Crippen molar-refractivity contribution in [1.82, 2.24) is 0 Å². The summed E-state index contributed by atoms with van der Waals surface area (Å²) in [4.78, 5) is 20.9. The van der Waals surface area contributed by atoms with Gasteiger partial charge in [0.2, 0.25) is 12.1 Å². The lowest BCUT2D eigenvalue weighted by atomic mass is 9.66. The first-order chi connectivity index (χ1) is 9.86. The lowest BCUT2D eigenvalue weighted by molar-refractivity contribution is -0.534. The monoisotopic (exact) mass is 301 g/mol. The van der Waals surface area contributed by atoms with E-state index in [2.05, 4.69) is 13.8 Å². The topological polar surface area (TPSA) is 101 Å². The third-order valence-electron chi connectivity index (χ3n) is 4.80. The van der Waals surface area contributed by atoms with Crippen LogP contribution >= 0.6 is 0 Å². The number of aliphatic carboxylic acids is 1. The summed E-state index contributed by atoms with van der Waals surface area (Å²) < 4.78 is 0. The second-order valence-corrected chi connectivity index (χ2v) is 6.44. The number of aliphatic hydroxyl groups excluding tert-OH is 1. The number of hydrogen-bond acceptors (Lipinski definition) is 4. The van der Waals surface area contributed by atoms with E-state index in [9.17, 15) is 20.0 Å². The molecule has 1 aliphatic carbocycles. The van der Waals surface area contributed by atoms with E-state index in [1.54, 1.807) is 0 Å². The molecular weight excluding hydrogens is 274 g/mol. The van der Waals surface area contributed by atoms with Gasteiger partial charge in [0.25, 0.3) is 0 Å². The molecule has 0 aromatic heterocycles. The molecule has 1 unspecified atom stereocenters. The second-order valence-electron chi connectivity index (χ2n) is 6.44. The molecule has 0 radical (unpaired) electrons. The Morgan fingerprint density at radius 3 is 2.48 bits per heavy atom. The van der Waals surface area contributed by atoms with Crippen molar-refractivity contribution in [1.29, 1.82) is 0 Å². The molecule has 122 valence electrons. The molecule has 0 aromatic carbocycles. The minimum atomic E-state index is -1.90. The predicted molar refractivity (Wildman–Crippen MR) is 78.6 cm³/mol. The van der Waals surface area contributed by atoms with E-state index in [0.717, 1.165) is 12.8 Å². The van der Waals surface area contributed by atoms with E-state index in [0.29, 0.717) is 11.8 Å². The van der Waals surface area contributed by atoms with E-state index in [4.69, 9.17) is 5.11 Å². The number of nitrogens with zero attached hydrogens (tertiary/aromatic N) is 1.